The summed E-state index contributed by atoms with van der Waals surface area (Å²) in [6, 6.07) is 0. The Labute approximate surface area is 82.7 Å². The van der Waals surface area contributed by atoms with E-state index in [2.05, 4.69) is 31.7 Å². The molecule has 1 fully saturated rings. The van der Waals surface area contributed by atoms with E-state index in [0.29, 0.717) is 0 Å². The highest BCUT2D eigenvalue weighted by Gasteiger charge is 2.17. The van der Waals surface area contributed by atoms with Crippen molar-refractivity contribution in [2.45, 2.75) is 45.4 Å². The lowest BCUT2D eigenvalue weighted by Crippen LogP contribution is -2.12. The molecule has 1 rings (SSSR count). The first-order valence-electron chi connectivity index (χ1n) is 5.60. The van der Waals surface area contributed by atoms with Gasteiger partial charge in [0.1, 0.15) is 0 Å². The summed E-state index contributed by atoms with van der Waals surface area (Å²) in [5.41, 5.74) is 0. The second-order valence-corrected chi connectivity index (χ2v) is 4.16. The molecular weight excluding hydrogens is 156 g/mol. The molecule has 0 heteroatoms. The van der Waals surface area contributed by atoms with Crippen molar-refractivity contribution in [3.05, 3.63) is 24.8 Å². The Balaban J connectivity index is 2.13. The zero-order valence-electron chi connectivity index (χ0n) is 8.84. The molecule has 1 aliphatic rings. The van der Waals surface area contributed by atoms with Gasteiger partial charge in [0.25, 0.3) is 0 Å². The van der Waals surface area contributed by atoms with E-state index < -0.39 is 0 Å². The summed E-state index contributed by atoms with van der Waals surface area (Å²) in [5.74, 6) is 1.81. The van der Waals surface area contributed by atoms with E-state index in [9.17, 15) is 0 Å². The van der Waals surface area contributed by atoms with Gasteiger partial charge >= 0.3 is 0 Å². The van der Waals surface area contributed by atoms with Gasteiger partial charge in [-0.05, 0) is 57.3 Å². The summed E-state index contributed by atoms with van der Waals surface area (Å²) in [4.78, 5) is 0. The average Bonchev–Trinajstić information content (AvgIpc) is 2.19. The van der Waals surface area contributed by atoms with Crippen LogP contribution < -0.4 is 0 Å². The Morgan fingerprint density at radius 3 is 2.46 bits per heavy atom. The maximum absolute atomic E-state index is 3.87. The monoisotopic (exact) mass is 178 g/mol. The maximum atomic E-state index is 3.87. The third kappa shape index (κ3) is 3.80. The van der Waals surface area contributed by atoms with Crippen molar-refractivity contribution in [1.29, 1.82) is 0 Å². The lowest BCUT2D eigenvalue weighted by Gasteiger charge is -2.26. The van der Waals surface area contributed by atoms with Crippen molar-refractivity contribution in [3.63, 3.8) is 0 Å². The molecule has 74 valence electrons. The zero-order valence-corrected chi connectivity index (χ0v) is 8.84. The SMILES string of the molecule is C=CC1CCC(CC/C=C/C)CC1. The molecule has 0 unspecified atom stereocenters. The number of rotatable bonds is 4. The summed E-state index contributed by atoms with van der Waals surface area (Å²) in [6.45, 7) is 5.98. The van der Waals surface area contributed by atoms with Crippen LogP contribution in [-0.2, 0) is 0 Å². The Morgan fingerprint density at radius 2 is 1.92 bits per heavy atom. The van der Waals surface area contributed by atoms with E-state index >= 15 is 0 Å². The molecule has 0 N–H and O–H groups in total. The standard InChI is InChI=1S/C13H22/c1-3-5-6-7-13-10-8-12(4-2)9-11-13/h3-5,12-13H,2,6-11H2,1H3/b5-3+. The summed E-state index contributed by atoms with van der Waals surface area (Å²) in [6.07, 6.45) is 14.9. The number of hydrogen-bond acceptors (Lipinski definition) is 0. The van der Waals surface area contributed by atoms with E-state index in [1.807, 2.05) is 0 Å². The third-order valence-corrected chi connectivity index (χ3v) is 3.20. The molecule has 1 saturated carbocycles. The fourth-order valence-electron chi connectivity index (χ4n) is 2.21. The predicted octanol–water partition coefficient (Wildman–Crippen LogP) is 4.34. The predicted molar refractivity (Wildman–Crippen MR) is 59.7 cm³/mol. The van der Waals surface area contributed by atoms with Crippen LogP contribution >= 0.6 is 0 Å². The van der Waals surface area contributed by atoms with Crippen LogP contribution in [0.4, 0.5) is 0 Å². The van der Waals surface area contributed by atoms with E-state index in [4.69, 9.17) is 0 Å². The van der Waals surface area contributed by atoms with Gasteiger partial charge in [-0.2, -0.15) is 0 Å². The summed E-state index contributed by atoms with van der Waals surface area (Å²) in [5, 5.41) is 0. The van der Waals surface area contributed by atoms with Crippen LogP contribution in [0, 0.1) is 11.8 Å². The van der Waals surface area contributed by atoms with Gasteiger partial charge in [0.15, 0.2) is 0 Å². The molecule has 0 amide bonds. The van der Waals surface area contributed by atoms with E-state index in [0.717, 1.165) is 11.8 Å². The second-order valence-electron chi connectivity index (χ2n) is 4.16. The van der Waals surface area contributed by atoms with Crippen LogP contribution in [0.2, 0.25) is 0 Å². The summed E-state index contributed by atoms with van der Waals surface area (Å²) < 4.78 is 0. The van der Waals surface area contributed by atoms with Gasteiger partial charge in [0, 0.05) is 0 Å². The smallest absolute Gasteiger partial charge is 0.0236 e. The third-order valence-electron chi connectivity index (χ3n) is 3.20. The Hall–Kier alpha value is -0.520. The van der Waals surface area contributed by atoms with Crippen LogP contribution in [-0.4, -0.2) is 0 Å². The van der Waals surface area contributed by atoms with Gasteiger partial charge < -0.3 is 0 Å². The van der Waals surface area contributed by atoms with Crippen molar-refractivity contribution in [2.75, 3.05) is 0 Å². The lowest BCUT2D eigenvalue weighted by atomic mass is 9.80. The first-order chi connectivity index (χ1) is 6.36. The number of allylic oxidation sites excluding steroid dienone is 3. The second kappa shape index (κ2) is 6.01. The van der Waals surface area contributed by atoms with Gasteiger partial charge in [-0.3, -0.25) is 0 Å². The topological polar surface area (TPSA) is 0 Å². The maximum Gasteiger partial charge on any atom is -0.0236 e. The Morgan fingerprint density at radius 1 is 1.23 bits per heavy atom. The molecule has 0 atom stereocenters. The molecule has 13 heavy (non-hydrogen) atoms. The highest BCUT2D eigenvalue weighted by molar-refractivity contribution is 4.85. The van der Waals surface area contributed by atoms with E-state index in [1.54, 1.807) is 0 Å². The zero-order chi connectivity index (χ0) is 9.52. The molecule has 0 aliphatic heterocycles. The minimum absolute atomic E-state index is 0.818. The Kier molecular flexibility index (Phi) is 4.88. The molecule has 0 radical (unpaired) electrons. The van der Waals surface area contributed by atoms with Gasteiger partial charge in [-0.25, -0.2) is 0 Å². The fourth-order valence-corrected chi connectivity index (χ4v) is 2.21. The van der Waals surface area contributed by atoms with Crippen molar-refractivity contribution in [3.8, 4) is 0 Å². The molecule has 0 aromatic carbocycles. The quantitative estimate of drug-likeness (QED) is 0.562. The lowest BCUT2D eigenvalue weighted by molar-refractivity contribution is 0.297. The molecule has 0 bridgehead atoms. The van der Waals surface area contributed by atoms with Crippen molar-refractivity contribution < 1.29 is 0 Å². The summed E-state index contributed by atoms with van der Waals surface area (Å²) >= 11 is 0. The number of hydrogen-bond donors (Lipinski definition) is 0. The summed E-state index contributed by atoms with van der Waals surface area (Å²) in [7, 11) is 0. The molecule has 0 saturated heterocycles. The molecule has 1 aliphatic carbocycles. The molecule has 0 spiro atoms. The van der Waals surface area contributed by atoms with Crippen LogP contribution in [0.5, 0.6) is 0 Å². The van der Waals surface area contributed by atoms with E-state index in [1.165, 1.54) is 38.5 Å². The van der Waals surface area contributed by atoms with Gasteiger partial charge in [-0.1, -0.05) is 18.2 Å². The minimum Gasteiger partial charge on any atom is -0.103 e. The van der Waals surface area contributed by atoms with Crippen molar-refractivity contribution in [2.24, 2.45) is 11.8 Å². The highest BCUT2D eigenvalue weighted by Crippen LogP contribution is 2.31. The van der Waals surface area contributed by atoms with E-state index in [-0.39, 0.29) is 0 Å². The van der Waals surface area contributed by atoms with Crippen molar-refractivity contribution >= 4 is 0 Å². The van der Waals surface area contributed by atoms with Gasteiger partial charge in [-0.15, -0.1) is 6.58 Å². The van der Waals surface area contributed by atoms with Crippen LogP contribution in [0.1, 0.15) is 45.4 Å². The van der Waals surface area contributed by atoms with Gasteiger partial charge in [0.05, 0.1) is 0 Å². The highest BCUT2D eigenvalue weighted by atomic mass is 14.2. The first-order valence-corrected chi connectivity index (χ1v) is 5.60. The normalized spacial score (nSPS) is 29.3. The molecule has 0 aromatic rings. The van der Waals surface area contributed by atoms with Crippen LogP contribution in [0.3, 0.4) is 0 Å². The van der Waals surface area contributed by atoms with Crippen LogP contribution in [0.25, 0.3) is 0 Å². The Bertz CT molecular complexity index is 159. The largest absolute Gasteiger partial charge is 0.103 e. The molecular formula is C13H22. The minimum atomic E-state index is 0.818. The van der Waals surface area contributed by atoms with Gasteiger partial charge in [0.2, 0.25) is 0 Å². The average molecular weight is 178 g/mol. The molecule has 0 heterocycles. The fraction of sp³-hybridized carbons (Fsp3) is 0.692. The molecule has 0 nitrogen and oxygen atoms in total. The van der Waals surface area contributed by atoms with Crippen molar-refractivity contribution in [1.82, 2.24) is 0 Å². The molecule has 0 aromatic heterocycles. The first kappa shape index (κ1) is 10.6. The van der Waals surface area contributed by atoms with Crippen LogP contribution in [0.15, 0.2) is 24.8 Å².